The molecule has 8 unspecified atom stereocenters. The zero-order valence-electron chi connectivity index (χ0n) is 27.7. The molecule has 4 aromatic rings. The Hall–Kier alpha value is -3.71. The van der Waals surface area contributed by atoms with Crippen LogP contribution in [0.1, 0.15) is 88.2 Å². The molecule has 1 heterocycles. The molecule has 2 fully saturated rings. The summed E-state index contributed by atoms with van der Waals surface area (Å²) in [6, 6.07) is 30.0. The van der Waals surface area contributed by atoms with E-state index < -0.39 is 0 Å². The third-order valence-electron chi connectivity index (χ3n) is 12.6. The van der Waals surface area contributed by atoms with Crippen LogP contribution in [-0.4, -0.2) is 4.98 Å². The molecule has 46 heavy (non-hydrogen) atoms. The van der Waals surface area contributed by atoms with Gasteiger partial charge in [-0.25, -0.2) is 0 Å². The highest BCUT2D eigenvalue weighted by molar-refractivity contribution is 5.83. The van der Waals surface area contributed by atoms with E-state index in [1.165, 1.54) is 78.8 Å². The largest absolute Gasteiger partial charge is 0.264 e. The Labute approximate surface area is 276 Å². The lowest BCUT2D eigenvalue weighted by molar-refractivity contribution is 0.0601. The highest BCUT2D eigenvalue weighted by Crippen LogP contribution is 2.60. The molecule has 1 heteroatoms. The van der Waals surface area contributed by atoms with Crippen LogP contribution >= 0.6 is 0 Å². The predicted molar refractivity (Wildman–Crippen MR) is 194 cm³/mol. The van der Waals surface area contributed by atoms with Crippen LogP contribution in [0.5, 0.6) is 0 Å². The van der Waals surface area contributed by atoms with Crippen molar-refractivity contribution in [3.63, 3.8) is 0 Å². The van der Waals surface area contributed by atoms with Gasteiger partial charge in [0.15, 0.2) is 0 Å². The van der Waals surface area contributed by atoms with Gasteiger partial charge in [0.2, 0.25) is 0 Å². The molecular weight excluding hydrogens is 555 g/mol. The Balaban J connectivity index is 1.17. The van der Waals surface area contributed by atoms with Crippen LogP contribution in [-0.2, 0) is 0 Å². The molecule has 0 amide bonds. The molecule has 0 N–H and O–H groups in total. The van der Waals surface area contributed by atoms with Gasteiger partial charge in [-0.15, -0.1) is 0 Å². The number of hydrogen-bond acceptors (Lipinski definition) is 1. The third kappa shape index (κ3) is 5.30. The molecule has 0 saturated heterocycles. The van der Waals surface area contributed by atoms with Gasteiger partial charge < -0.3 is 0 Å². The fourth-order valence-corrected chi connectivity index (χ4v) is 10.8. The molecule has 0 aliphatic heterocycles. The minimum Gasteiger partial charge on any atom is -0.264 e. The van der Waals surface area contributed by atoms with Crippen molar-refractivity contribution in [3.8, 4) is 11.1 Å². The first-order valence-electron chi connectivity index (χ1n) is 18.2. The minimum atomic E-state index is 0.523. The highest BCUT2D eigenvalue weighted by atomic mass is 14.6. The number of hydrogen-bond donors (Lipinski definition) is 0. The van der Waals surface area contributed by atoms with E-state index in [2.05, 4.69) is 122 Å². The Kier molecular flexibility index (Phi) is 8.27. The minimum absolute atomic E-state index is 0.523. The van der Waals surface area contributed by atoms with Crippen molar-refractivity contribution >= 4 is 10.8 Å². The number of allylic oxidation sites excluding steroid dienone is 6. The van der Waals surface area contributed by atoms with Crippen LogP contribution in [0.25, 0.3) is 21.9 Å². The van der Waals surface area contributed by atoms with Gasteiger partial charge >= 0.3 is 0 Å². The smallest absolute Gasteiger partial charge is 0.0346 e. The van der Waals surface area contributed by atoms with Crippen LogP contribution in [0.4, 0.5) is 0 Å². The lowest BCUT2D eigenvalue weighted by Gasteiger charge is -2.53. The Bertz CT molecular complexity index is 1780. The number of nitrogens with zero attached hydrogens (tertiary/aromatic N) is 1. The second kappa shape index (κ2) is 12.8. The van der Waals surface area contributed by atoms with Crippen molar-refractivity contribution in [1.29, 1.82) is 0 Å². The molecule has 0 bridgehead atoms. The number of aromatic nitrogens is 1. The van der Waals surface area contributed by atoms with Crippen molar-refractivity contribution in [2.24, 2.45) is 35.5 Å². The van der Waals surface area contributed by atoms with E-state index in [1.54, 1.807) is 16.7 Å². The molecule has 8 rings (SSSR count). The third-order valence-corrected chi connectivity index (χ3v) is 12.6. The van der Waals surface area contributed by atoms with E-state index in [-0.39, 0.29) is 0 Å². The van der Waals surface area contributed by atoms with Gasteiger partial charge in [-0.2, -0.15) is 0 Å². The number of benzene rings is 3. The first kappa shape index (κ1) is 29.7. The number of rotatable bonds is 5. The molecule has 2 saturated carbocycles. The predicted octanol–water partition coefficient (Wildman–Crippen LogP) is 12.1. The monoisotopic (exact) mass is 603 g/mol. The topological polar surface area (TPSA) is 12.9 Å². The zero-order chi connectivity index (χ0) is 31.0. The Morgan fingerprint density at radius 3 is 2.37 bits per heavy atom. The van der Waals surface area contributed by atoms with Crippen molar-refractivity contribution in [2.45, 2.75) is 77.0 Å². The van der Waals surface area contributed by atoms with Crippen molar-refractivity contribution in [3.05, 3.63) is 138 Å². The zero-order valence-corrected chi connectivity index (χ0v) is 27.7. The van der Waals surface area contributed by atoms with Gasteiger partial charge in [0.1, 0.15) is 0 Å². The summed E-state index contributed by atoms with van der Waals surface area (Å²) in [4.78, 5) is 4.41. The van der Waals surface area contributed by atoms with Gasteiger partial charge in [-0.3, -0.25) is 4.98 Å². The first-order valence-corrected chi connectivity index (χ1v) is 18.2. The lowest BCUT2D eigenvalue weighted by Crippen LogP contribution is -2.45. The van der Waals surface area contributed by atoms with Gasteiger partial charge in [-0.05, 0) is 132 Å². The molecule has 1 aromatic heterocycles. The standard InChI is InChI=1S/C45H49N/c1-3-12-37-30(2)44(35-25-24-31-13-4-5-14-32(31)28-35)42-18-6-7-19-43(42)45(37)41-23-10-21-39-38(20-9-22-40(39)41)34-16-8-15-33(27-34)36-17-11-26-46-29-36/h3-5,8,10-17,23-29,38-45H,6-7,9,18-22H2,1-2H3/b12-3-. The SMILES string of the molecule is C/C=C\C1=C(C)C(c2ccc3ccccc3c2)C2CCCCC2C1C1C=CCC2C(c3cccc(-c4cccnc4)c3)CCCC12. The lowest BCUT2D eigenvalue weighted by atomic mass is 9.51. The highest BCUT2D eigenvalue weighted by Gasteiger charge is 2.50. The van der Waals surface area contributed by atoms with E-state index in [4.69, 9.17) is 0 Å². The summed E-state index contributed by atoms with van der Waals surface area (Å²) in [7, 11) is 0. The van der Waals surface area contributed by atoms with Crippen LogP contribution in [0.15, 0.2) is 127 Å². The van der Waals surface area contributed by atoms with E-state index in [0.717, 1.165) is 23.7 Å². The maximum absolute atomic E-state index is 4.41. The van der Waals surface area contributed by atoms with Crippen LogP contribution < -0.4 is 0 Å². The first-order chi connectivity index (χ1) is 22.7. The van der Waals surface area contributed by atoms with Crippen LogP contribution in [0.2, 0.25) is 0 Å². The van der Waals surface area contributed by atoms with Gasteiger partial charge in [0.25, 0.3) is 0 Å². The molecule has 8 atom stereocenters. The summed E-state index contributed by atoms with van der Waals surface area (Å²) in [5, 5.41) is 2.74. The fraction of sp³-hybridized carbons (Fsp3) is 0.400. The van der Waals surface area contributed by atoms with E-state index in [1.807, 2.05) is 12.4 Å². The maximum Gasteiger partial charge on any atom is 0.0346 e. The molecule has 4 aliphatic carbocycles. The quantitative estimate of drug-likeness (QED) is 0.207. The van der Waals surface area contributed by atoms with Crippen molar-refractivity contribution in [2.75, 3.05) is 0 Å². The molecule has 234 valence electrons. The summed E-state index contributed by atoms with van der Waals surface area (Å²) >= 11 is 0. The van der Waals surface area contributed by atoms with E-state index in [0.29, 0.717) is 23.7 Å². The average molecular weight is 604 g/mol. The number of pyridine rings is 1. The summed E-state index contributed by atoms with van der Waals surface area (Å²) in [6.07, 6.45) is 24.8. The van der Waals surface area contributed by atoms with E-state index in [9.17, 15) is 0 Å². The maximum atomic E-state index is 4.41. The summed E-state index contributed by atoms with van der Waals surface area (Å²) < 4.78 is 0. The average Bonchev–Trinajstić information content (AvgIpc) is 3.12. The molecule has 4 aliphatic rings. The van der Waals surface area contributed by atoms with Crippen LogP contribution in [0, 0.1) is 35.5 Å². The summed E-state index contributed by atoms with van der Waals surface area (Å²) in [5.74, 6) is 5.38. The van der Waals surface area contributed by atoms with Gasteiger partial charge in [0.05, 0.1) is 0 Å². The molecule has 3 aromatic carbocycles. The fourth-order valence-electron chi connectivity index (χ4n) is 10.8. The normalized spacial score (nSPS) is 31.2. The summed E-state index contributed by atoms with van der Waals surface area (Å²) in [5.41, 5.74) is 8.93. The van der Waals surface area contributed by atoms with Gasteiger partial charge in [-0.1, -0.05) is 122 Å². The molecule has 1 nitrogen and oxygen atoms in total. The molecular formula is C45H49N. The second-order valence-corrected chi connectivity index (χ2v) is 14.8. The van der Waals surface area contributed by atoms with Crippen LogP contribution in [0.3, 0.4) is 0 Å². The van der Waals surface area contributed by atoms with Crippen molar-refractivity contribution < 1.29 is 0 Å². The summed E-state index contributed by atoms with van der Waals surface area (Å²) in [6.45, 7) is 4.74. The van der Waals surface area contributed by atoms with Gasteiger partial charge in [0, 0.05) is 18.3 Å². The van der Waals surface area contributed by atoms with E-state index >= 15 is 0 Å². The molecule has 0 radical (unpaired) electrons. The molecule has 0 spiro atoms. The number of fused-ring (bicyclic) bond motifs is 3. The second-order valence-electron chi connectivity index (χ2n) is 14.8. The van der Waals surface area contributed by atoms with Crippen molar-refractivity contribution in [1.82, 2.24) is 4.98 Å². The Morgan fingerprint density at radius 2 is 1.52 bits per heavy atom. The Morgan fingerprint density at radius 1 is 0.696 bits per heavy atom.